The van der Waals surface area contributed by atoms with Gasteiger partial charge in [0, 0.05) is 58.1 Å². The first-order chi connectivity index (χ1) is 15.5. The van der Waals surface area contributed by atoms with Gasteiger partial charge >= 0.3 is 0 Å². The monoisotopic (exact) mass is 465 g/mol. The van der Waals surface area contributed by atoms with Gasteiger partial charge in [0.1, 0.15) is 11.4 Å². The maximum atomic E-state index is 13.1. The number of hydrogen-bond donors (Lipinski definition) is 2. The van der Waals surface area contributed by atoms with Crippen molar-refractivity contribution in [3.63, 3.8) is 0 Å². The molecule has 0 spiro atoms. The summed E-state index contributed by atoms with van der Waals surface area (Å²) < 4.78 is 0. The molecule has 9 heteroatoms. The number of amides is 1. The van der Waals surface area contributed by atoms with Gasteiger partial charge in [-0.05, 0) is 36.4 Å². The van der Waals surface area contributed by atoms with Crippen molar-refractivity contribution in [2.45, 2.75) is 13.0 Å². The molecule has 0 aliphatic carbocycles. The molecule has 1 aliphatic rings. The molecule has 0 saturated carbocycles. The highest BCUT2D eigenvalue weighted by molar-refractivity contribution is 6.30. The third-order valence-electron chi connectivity index (χ3n) is 5.49. The van der Waals surface area contributed by atoms with E-state index in [-0.39, 0.29) is 11.5 Å². The predicted octanol–water partition coefficient (Wildman–Crippen LogP) is 4.33. The first kappa shape index (κ1) is 20.5. The zero-order chi connectivity index (χ0) is 22.2. The molecule has 0 bridgehead atoms. The summed E-state index contributed by atoms with van der Waals surface area (Å²) in [4.78, 5) is 34.4. The van der Waals surface area contributed by atoms with Gasteiger partial charge in [-0.25, -0.2) is 4.98 Å². The summed E-state index contributed by atoms with van der Waals surface area (Å²) in [6.07, 6.45) is 1.95. The molecule has 160 valence electrons. The molecule has 2 aromatic carbocycles. The Morgan fingerprint density at radius 2 is 1.62 bits per heavy atom. The summed E-state index contributed by atoms with van der Waals surface area (Å²) in [5.41, 5.74) is 3.85. The SMILES string of the molecule is O=C(c1cnc(-c2ccc(Cl)cc2)[nH]c1=O)N1CCc2[nH]nc(-c3ccc(Cl)cc3)c2C1. The van der Waals surface area contributed by atoms with E-state index in [1.165, 1.54) is 6.20 Å². The number of nitrogens with one attached hydrogen (secondary N) is 2. The van der Waals surface area contributed by atoms with Crippen molar-refractivity contribution in [2.24, 2.45) is 0 Å². The fourth-order valence-electron chi connectivity index (χ4n) is 3.79. The second-order valence-electron chi connectivity index (χ2n) is 7.49. The van der Waals surface area contributed by atoms with E-state index in [4.69, 9.17) is 23.2 Å². The van der Waals surface area contributed by atoms with E-state index < -0.39 is 5.56 Å². The first-order valence-corrected chi connectivity index (χ1v) is 10.7. The van der Waals surface area contributed by atoms with E-state index in [9.17, 15) is 9.59 Å². The lowest BCUT2D eigenvalue weighted by molar-refractivity contribution is 0.0732. The lowest BCUT2D eigenvalue weighted by Crippen LogP contribution is -2.38. The number of nitrogens with zero attached hydrogens (tertiary/aromatic N) is 3. The van der Waals surface area contributed by atoms with Gasteiger partial charge < -0.3 is 9.88 Å². The third-order valence-corrected chi connectivity index (χ3v) is 5.99. The fraction of sp³-hybridized carbons (Fsp3) is 0.130. The van der Waals surface area contributed by atoms with Crippen molar-refractivity contribution in [1.82, 2.24) is 25.1 Å². The molecule has 2 aromatic heterocycles. The number of hydrogen-bond acceptors (Lipinski definition) is 4. The molecule has 2 N–H and O–H groups in total. The summed E-state index contributed by atoms with van der Waals surface area (Å²) >= 11 is 11.9. The van der Waals surface area contributed by atoms with Crippen LogP contribution in [0, 0.1) is 0 Å². The molecule has 0 radical (unpaired) electrons. The van der Waals surface area contributed by atoms with Gasteiger partial charge in [0.15, 0.2) is 0 Å². The summed E-state index contributed by atoms with van der Waals surface area (Å²) in [7, 11) is 0. The van der Waals surface area contributed by atoms with Gasteiger partial charge in [0.05, 0.1) is 5.69 Å². The predicted molar refractivity (Wildman–Crippen MR) is 123 cm³/mol. The van der Waals surface area contributed by atoms with Crippen LogP contribution in [-0.4, -0.2) is 37.5 Å². The zero-order valence-electron chi connectivity index (χ0n) is 16.7. The molecule has 0 fully saturated rings. The topological polar surface area (TPSA) is 94.7 Å². The van der Waals surface area contributed by atoms with E-state index >= 15 is 0 Å². The highest BCUT2D eigenvalue weighted by Crippen LogP contribution is 2.29. The Kier molecular flexibility index (Phi) is 5.28. The molecule has 32 heavy (non-hydrogen) atoms. The zero-order valence-corrected chi connectivity index (χ0v) is 18.2. The van der Waals surface area contributed by atoms with Gasteiger partial charge in [-0.3, -0.25) is 14.7 Å². The Labute approximate surface area is 193 Å². The van der Waals surface area contributed by atoms with Crippen molar-refractivity contribution in [2.75, 3.05) is 6.54 Å². The van der Waals surface area contributed by atoms with E-state index in [1.54, 1.807) is 41.3 Å². The van der Waals surface area contributed by atoms with Crippen molar-refractivity contribution >= 4 is 29.1 Å². The number of benzene rings is 2. The highest BCUT2D eigenvalue weighted by Gasteiger charge is 2.28. The molecular formula is C23H17Cl2N5O2. The summed E-state index contributed by atoms with van der Waals surface area (Å²) in [5.74, 6) is 0.0133. The van der Waals surface area contributed by atoms with Crippen LogP contribution in [0.2, 0.25) is 10.0 Å². The van der Waals surface area contributed by atoms with Gasteiger partial charge in [-0.15, -0.1) is 0 Å². The Morgan fingerprint density at radius 3 is 2.28 bits per heavy atom. The highest BCUT2D eigenvalue weighted by atomic mass is 35.5. The van der Waals surface area contributed by atoms with Crippen LogP contribution in [-0.2, 0) is 13.0 Å². The fourth-order valence-corrected chi connectivity index (χ4v) is 4.04. The number of fused-ring (bicyclic) bond motifs is 1. The van der Waals surface area contributed by atoms with E-state index in [2.05, 4.69) is 20.2 Å². The normalized spacial score (nSPS) is 13.1. The van der Waals surface area contributed by atoms with E-state index in [0.29, 0.717) is 40.9 Å². The minimum atomic E-state index is -0.481. The quantitative estimate of drug-likeness (QED) is 0.470. The smallest absolute Gasteiger partial charge is 0.264 e. The minimum absolute atomic E-state index is 0.00250. The van der Waals surface area contributed by atoms with Gasteiger partial charge in [0.25, 0.3) is 11.5 Å². The van der Waals surface area contributed by atoms with E-state index in [0.717, 1.165) is 22.5 Å². The average Bonchev–Trinajstić information content (AvgIpc) is 3.23. The average molecular weight is 466 g/mol. The van der Waals surface area contributed by atoms with Crippen molar-refractivity contribution < 1.29 is 4.79 Å². The molecule has 3 heterocycles. The lowest BCUT2D eigenvalue weighted by atomic mass is 10.0. The maximum Gasteiger partial charge on any atom is 0.264 e. The number of halogens is 2. The Hall–Kier alpha value is -3.42. The van der Waals surface area contributed by atoms with Crippen LogP contribution >= 0.6 is 23.2 Å². The summed E-state index contributed by atoms with van der Waals surface area (Å²) in [5, 5.41) is 8.74. The van der Waals surface area contributed by atoms with Gasteiger partial charge in [-0.2, -0.15) is 5.10 Å². The van der Waals surface area contributed by atoms with Crippen LogP contribution in [0.5, 0.6) is 0 Å². The molecule has 4 aromatic rings. The number of carbonyl (C=O) groups excluding carboxylic acids is 1. The van der Waals surface area contributed by atoms with Gasteiger partial charge in [-0.1, -0.05) is 35.3 Å². The molecular weight excluding hydrogens is 449 g/mol. The third kappa shape index (κ3) is 3.81. The van der Waals surface area contributed by atoms with Crippen LogP contribution in [0.1, 0.15) is 21.6 Å². The molecule has 7 nitrogen and oxygen atoms in total. The van der Waals surface area contributed by atoms with Crippen LogP contribution < -0.4 is 5.56 Å². The van der Waals surface area contributed by atoms with Crippen LogP contribution in [0.3, 0.4) is 0 Å². The molecule has 1 amide bonds. The number of carbonyl (C=O) groups is 1. The molecule has 5 rings (SSSR count). The van der Waals surface area contributed by atoms with Crippen LogP contribution in [0.15, 0.2) is 59.5 Å². The van der Waals surface area contributed by atoms with Gasteiger partial charge in [0.2, 0.25) is 0 Å². The Morgan fingerprint density at radius 1 is 0.969 bits per heavy atom. The number of H-pyrrole nitrogens is 2. The molecule has 0 unspecified atom stereocenters. The first-order valence-electron chi connectivity index (χ1n) is 9.96. The second-order valence-corrected chi connectivity index (χ2v) is 8.37. The Bertz CT molecular complexity index is 1360. The lowest BCUT2D eigenvalue weighted by Gasteiger charge is -2.27. The Balaban J connectivity index is 1.41. The maximum absolute atomic E-state index is 13.1. The number of aromatic nitrogens is 4. The molecule has 0 atom stereocenters. The minimum Gasteiger partial charge on any atom is -0.334 e. The van der Waals surface area contributed by atoms with E-state index in [1.807, 2.05) is 12.1 Å². The van der Waals surface area contributed by atoms with Crippen LogP contribution in [0.4, 0.5) is 0 Å². The summed E-state index contributed by atoms with van der Waals surface area (Å²) in [6, 6.07) is 14.3. The van der Waals surface area contributed by atoms with Crippen molar-refractivity contribution in [3.8, 4) is 22.6 Å². The second kappa shape index (κ2) is 8.26. The summed E-state index contributed by atoms with van der Waals surface area (Å²) in [6.45, 7) is 0.827. The standard InChI is InChI=1S/C23H17Cl2N5O2/c24-15-5-1-13(2-6-15)20-18-12-30(10-9-19(18)28-29-20)23(32)17-11-26-21(27-22(17)31)14-3-7-16(25)8-4-14/h1-8,11H,9-10,12H2,(H,28,29)(H,26,27,31). The van der Waals surface area contributed by atoms with Crippen molar-refractivity contribution in [1.29, 1.82) is 0 Å². The number of aromatic amines is 2. The number of rotatable bonds is 3. The van der Waals surface area contributed by atoms with Crippen LogP contribution in [0.25, 0.3) is 22.6 Å². The molecule has 1 aliphatic heterocycles. The largest absolute Gasteiger partial charge is 0.334 e. The van der Waals surface area contributed by atoms with Crippen molar-refractivity contribution in [3.05, 3.63) is 91.9 Å². The molecule has 0 saturated heterocycles.